The number of rotatable bonds is 41. The summed E-state index contributed by atoms with van der Waals surface area (Å²) in [7, 11) is -12.0. The summed E-state index contributed by atoms with van der Waals surface area (Å²) in [6.45, 7) is 6.89. The summed E-state index contributed by atoms with van der Waals surface area (Å²) >= 11 is 0. The Morgan fingerprint density at radius 2 is 0.500 bits per heavy atom. The van der Waals surface area contributed by atoms with E-state index in [0.29, 0.717) is 6.16 Å². The van der Waals surface area contributed by atoms with E-state index in [-0.39, 0.29) is 0 Å². The standard InChI is InChI=1S/C44H89O2P.F6P/c1-4-7-10-13-16-19-22-25-28-31-34-37-40-47(43-44(45)46,41-38-35-32-29-26-23-20-17-14-11-8-5-2)42-39-36-33-30-27-24-21-18-15-12-9-6-3;1-7(2,3,4,5)6/h4-43H2,1-3H3;/q;-1/p+1. The Bertz CT molecular complexity index is 730. The normalized spacial score (nSPS) is 13.4. The Labute approximate surface area is 331 Å². The zero-order valence-electron chi connectivity index (χ0n) is 35.8. The van der Waals surface area contributed by atoms with Crippen LogP contribution in [0, 0.1) is 0 Å². The third-order valence-corrected chi connectivity index (χ3v) is 15.7. The third kappa shape index (κ3) is 54.0. The summed E-state index contributed by atoms with van der Waals surface area (Å²) in [5, 5.41) is 10.1. The van der Waals surface area contributed by atoms with Crippen LogP contribution in [0.5, 0.6) is 0 Å². The van der Waals surface area contributed by atoms with E-state index in [0.717, 1.165) is 0 Å². The van der Waals surface area contributed by atoms with Crippen LogP contribution in [0.3, 0.4) is 0 Å². The molecule has 0 aromatic rings. The van der Waals surface area contributed by atoms with Crippen molar-refractivity contribution in [1.82, 2.24) is 0 Å². The van der Waals surface area contributed by atoms with Gasteiger partial charge in [0.15, 0.2) is 6.16 Å². The van der Waals surface area contributed by atoms with E-state index >= 15 is 0 Å². The third-order valence-electron chi connectivity index (χ3n) is 10.9. The molecule has 0 unspecified atom stereocenters. The molecule has 0 heterocycles. The summed E-state index contributed by atoms with van der Waals surface area (Å²) in [6.07, 6.45) is 54.2. The number of carbonyl (C=O) groups is 1. The van der Waals surface area contributed by atoms with E-state index < -0.39 is 21.0 Å². The van der Waals surface area contributed by atoms with Gasteiger partial charge in [-0.1, -0.05) is 213 Å². The first-order chi connectivity index (χ1) is 25.5. The molecule has 2 nitrogen and oxygen atoms in total. The van der Waals surface area contributed by atoms with Crippen LogP contribution in [0.1, 0.15) is 252 Å². The van der Waals surface area contributed by atoms with Gasteiger partial charge in [-0.25, -0.2) is 4.79 Å². The van der Waals surface area contributed by atoms with Crippen LogP contribution in [0.2, 0.25) is 0 Å². The van der Waals surface area contributed by atoms with Crippen LogP contribution < -0.4 is 0 Å². The summed E-state index contributed by atoms with van der Waals surface area (Å²) in [6, 6.07) is 0. The quantitative estimate of drug-likeness (QED) is 0.0379. The summed E-state index contributed by atoms with van der Waals surface area (Å²) in [4.78, 5) is 12.2. The maximum atomic E-state index is 12.2. The molecule has 0 aliphatic carbocycles. The van der Waals surface area contributed by atoms with Gasteiger partial charge >= 0.3 is 39.0 Å². The van der Waals surface area contributed by atoms with E-state index in [1.165, 1.54) is 250 Å². The first-order valence-corrected chi connectivity index (χ1v) is 27.7. The van der Waals surface area contributed by atoms with E-state index in [9.17, 15) is 35.1 Å². The van der Waals surface area contributed by atoms with Gasteiger partial charge < -0.3 is 5.11 Å². The Morgan fingerprint density at radius 1 is 0.352 bits per heavy atom. The number of halogens is 6. The van der Waals surface area contributed by atoms with Crippen molar-refractivity contribution >= 4 is 21.0 Å². The SMILES string of the molecule is CCCCCCCCCCCCCC[P+](CCCCCCCCCCCCCC)(CCCCCCCCCCCCCC)CC(=O)O.F[P-](F)(F)(F)(F)F. The van der Waals surface area contributed by atoms with Gasteiger partial charge in [0.2, 0.25) is 0 Å². The molecule has 0 rings (SSSR count). The van der Waals surface area contributed by atoms with Crippen molar-refractivity contribution in [1.29, 1.82) is 0 Å². The van der Waals surface area contributed by atoms with Gasteiger partial charge in [0.25, 0.3) is 0 Å². The summed E-state index contributed by atoms with van der Waals surface area (Å²) in [5.41, 5.74) is 0. The number of unbranched alkanes of at least 4 members (excludes halogenated alkanes) is 33. The van der Waals surface area contributed by atoms with Crippen LogP contribution in [0.15, 0.2) is 0 Å². The molecule has 0 radical (unpaired) electrons. The minimum atomic E-state index is -10.7. The summed E-state index contributed by atoms with van der Waals surface area (Å²) < 4.78 is 59.2. The zero-order valence-corrected chi connectivity index (χ0v) is 37.6. The molecule has 0 saturated heterocycles. The topological polar surface area (TPSA) is 37.3 Å². The molecule has 54 heavy (non-hydrogen) atoms. The fourth-order valence-corrected chi connectivity index (χ4v) is 12.1. The van der Waals surface area contributed by atoms with Crippen LogP contribution in [-0.4, -0.2) is 35.7 Å². The molecule has 0 saturated carbocycles. The molecule has 0 bridgehead atoms. The molecule has 0 aromatic heterocycles. The van der Waals surface area contributed by atoms with Crippen molar-refractivity contribution in [2.24, 2.45) is 0 Å². The van der Waals surface area contributed by atoms with E-state index in [1.807, 2.05) is 0 Å². The van der Waals surface area contributed by atoms with Crippen molar-refractivity contribution in [3.8, 4) is 0 Å². The number of aliphatic carboxylic acids is 1. The van der Waals surface area contributed by atoms with Crippen LogP contribution >= 0.6 is 15.1 Å². The van der Waals surface area contributed by atoms with Crippen LogP contribution in [-0.2, 0) is 4.79 Å². The number of hydrogen-bond acceptors (Lipinski definition) is 1. The van der Waals surface area contributed by atoms with Crippen molar-refractivity contribution < 1.29 is 35.1 Å². The molecule has 10 heteroatoms. The molecule has 0 aromatic carbocycles. The van der Waals surface area contributed by atoms with Crippen LogP contribution in [0.25, 0.3) is 0 Å². The molecule has 1 N–H and O–H groups in total. The molecule has 0 aliphatic heterocycles. The zero-order chi connectivity index (χ0) is 40.8. The van der Waals surface area contributed by atoms with Gasteiger partial charge in [-0.05, 0) is 38.5 Å². The number of carboxylic acids is 1. The van der Waals surface area contributed by atoms with Crippen molar-refractivity contribution in [2.75, 3.05) is 24.6 Å². The van der Waals surface area contributed by atoms with Gasteiger partial charge in [0.05, 0.1) is 18.5 Å². The predicted octanol–water partition coefficient (Wildman–Crippen LogP) is 19.6. The molecular weight excluding hydrogens is 736 g/mol. The van der Waals surface area contributed by atoms with Gasteiger partial charge in [-0.3, -0.25) is 0 Å². The van der Waals surface area contributed by atoms with E-state index in [4.69, 9.17) is 0 Å². The first-order valence-electron chi connectivity index (χ1n) is 23.2. The van der Waals surface area contributed by atoms with Gasteiger partial charge in [0.1, 0.15) is 0 Å². The fraction of sp³-hybridized carbons (Fsp3) is 0.977. The van der Waals surface area contributed by atoms with Crippen molar-refractivity contribution in [3.63, 3.8) is 0 Å². The molecular formula is C44H90F6O2P2. The van der Waals surface area contributed by atoms with Crippen molar-refractivity contribution in [2.45, 2.75) is 252 Å². The van der Waals surface area contributed by atoms with E-state index in [2.05, 4.69) is 20.8 Å². The first kappa shape index (κ1) is 56.0. The molecule has 0 amide bonds. The molecule has 0 spiro atoms. The molecule has 330 valence electrons. The minimum absolute atomic E-state index is 0.504. The molecule has 0 atom stereocenters. The second-order valence-corrected chi connectivity index (χ2v) is 22.9. The van der Waals surface area contributed by atoms with Gasteiger partial charge in [-0.15, -0.1) is 0 Å². The molecule has 0 fully saturated rings. The Morgan fingerprint density at radius 3 is 0.648 bits per heavy atom. The summed E-state index contributed by atoms with van der Waals surface area (Å²) in [5.74, 6) is -0.504. The maximum absolute atomic E-state index is 12.2. The Balaban J connectivity index is 0. The Hall–Kier alpha value is -0.0900. The van der Waals surface area contributed by atoms with Crippen molar-refractivity contribution in [3.05, 3.63) is 0 Å². The van der Waals surface area contributed by atoms with Gasteiger partial charge in [-0.2, -0.15) is 0 Å². The second kappa shape index (κ2) is 34.9. The predicted molar refractivity (Wildman–Crippen MR) is 231 cm³/mol. The van der Waals surface area contributed by atoms with E-state index in [1.54, 1.807) is 0 Å². The second-order valence-electron chi connectivity index (χ2n) is 16.7. The fourth-order valence-electron chi connectivity index (χ4n) is 7.72. The number of hydrogen-bond donors (Lipinski definition) is 1. The molecule has 0 aliphatic rings. The average molecular weight is 827 g/mol. The monoisotopic (exact) mass is 827 g/mol. The Kier molecular flexibility index (Phi) is 36.2. The van der Waals surface area contributed by atoms with Gasteiger partial charge in [0, 0.05) is 7.26 Å². The van der Waals surface area contributed by atoms with Crippen LogP contribution in [0.4, 0.5) is 25.2 Å². The number of carboxylic acid groups (broad SMARTS) is 1. The average Bonchev–Trinajstić information content (AvgIpc) is 3.08.